The van der Waals surface area contributed by atoms with E-state index in [1.807, 2.05) is 12.1 Å². The van der Waals surface area contributed by atoms with Gasteiger partial charge in [-0.15, -0.1) is 0 Å². The van der Waals surface area contributed by atoms with Crippen LogP contribution in [0.2, 0.25) is 0 Å². The fourth-order valence-electron chi connectivity index (χ4n) is 4.24. The molecule has 1 aliphatic heterocycles. The zero-order valence-electron chi connectivity index (χ0n) is 18.7. The number of hydrogen-bond donors (Lipinski definition) is 0. The van der Waals surface area contributed by atoms with Crippen molar-refractivity contribution in [3.05, 3.63) is 89.0 Å². The molecule has 3 aromatic rings. The maximum atomic E-state index is 5.41. The fraction of sp³-hybridized carbons (Fsp3) is 0.222. The predicted octanol–water partition coefficient (Wildman–Crippen LogP) is 5.78. The summed E-state index contributed by atoms with van der Waals surface area (Å²) in [7, 11) is 8.02. The Kier molecular flexibility index (Phi) is 5.21. The summed E-state index contributed by atoms with van der Waals surface area (Å²) in [6.07, 6.45) is 0. The molecule has 0 aliphatic carbocycles. The Balaban J connectivity index is 2.04. The Labute approximate surface area is 179 Å². The van der Waals surface area contributed by atoms with Crippen LogP contribution in [-0.2, 0) is 0 Å². The first-order chi connectivity index (χ1) is 14.4. The second-order valence-electron chi connectivity index (χ2n) is 8.03. The summed E-state index contributed by atoms with van der Waals surface area (Å²) < 4.78 is 7.69. The van der Waals surface area contributed by atoms with Crippen molar-refractivity contribution >= 4 is 28.2 Å². The maximum absolute atomic E-state index is 5.41. The van der Waals surface area contributed by atoms with Gasteiger partial charge < -0.3 is 9.64 Å². The number of hydrogen-bond acceptors (Lipinski definition) is 2. The number of aryl methyl sites for hydroxylation is 1. The molecule has 0 atom stereocenters. The smallest absolute Gasteiger partial charge is 0.213 e. The number of methoxy groups -OCH3 is 1. The van der Waals surface area contributed by atoms with Crippen LogP contribution in [0, 0.1) is 6.92 Å². The summed E-state index contributed by atoms with van der Waals surface area (Å²) in [4.78, 5) is 2.15. The first-order valence-electron chi connectivity index (χ1n) is 10.3. The third kappa shape index (κ3) is 3.30. The summed E-state index contributed by atoms with van der Waals surface area (Å²) in [6.45, 7) is 4.41. The lowest BCUT2D eigenvalue weighted by Crippen LogP contribution is -2.09. The molecule has 152 valence electrons. The van der Waals surface area contributed by atoms with E-state index in [1.165, 1.54) is 50.5 Å². The Morgan fingerprint density at radius 3 is 2.23 bits per heavy atom. The zero-order chi connectivity index (χ0) is 21.4. The van der Waals surface area contributed by atoms with Crippen molar-refractivity contribution in [2.75, 3.05) is 33.2 Å². The van der Waals surface area contributed by atoms with Crippen LogP contribution in [-0.4, -0.2) is 38.5 Å². The number of nitrogens with zero attached hydrogens (tertiary/aromatic N) is 2. The molecule has 30 heavy (non-hydrogen) atoms. The molecule has 3 nitrogen and oxygen atoms in total. The molecule has 0 unspecified atom stereocenters. The number of ether oxygens (including phenoxy) is 1. The van der Waals surface area contributed by atoms with Gasteiger partial charge in [-0.2, -0.15) is 4.58 Å². The highest BCUT2D eigenvalue weighted by atomic mass is 16.5. The molecule has 0 radical (unpaired) electrons. The molecule has 0 amide bonds. The summed E-state index contributed by atoms with van der Waals surface area (Å²) in [5.41, 5.74) is 11.3. The van der Waals surface area contributed by atoms with Gasteiger partial charge in [0, 0.05) is 38.3 Å². The second-order valence-corrected chi connectivity index (χ2v) is 8.03. The van der Waals surface area contributed by atoms with Gasteiger partial charge in [0.2, 0.25) is 5.69 Å². The third-order valence-corrected chi connectivity index (χ3v) is 6.02. The van der Waals surface area contributed by atoms with Gasteiger partial charge in [-0.1, -0.05) is 30.3 Å². The quantitative estimate of drug-likeness (QED) is 0.519. The largest absolute Gasteiger partial charge is 0.497 e. The van der Waals surface area contributed by atoms with E-state index < -0.39 is 0 Å². The van der Waals surface area contributed by atoms with Crippen molar-refractivity contribution in [3.8, 4) is 5.75 Å². The van der Waals surface area contributed by atoms with Gasteiger partial charge >= 0.3 is 0 Å². The summed E-state index contributed by atoms with van der Waals surface area (Å²) in [5.74, 6) is 0.868. The van der Waals surface area contributed by atoms with Crippen molar-refractivity contribution in [2.24, 2.45) is 0 Å². The lowest BCUT2D eigenvalue weighted by Gasteiger charge is -2.18. The van der Waals surface area contributed by atoms with Crippen LogP contribution in [0.1, 0.15) is 29.2 Å². The van der Waals surface area contributed by atoms with Crippen molar-refractivity contribution in [3.63, 3.8) is 0 Å². The predicted molar refractivity (Wildman–Crippen MR) is 127 cm³/mol. The maximum Gasteiger partial charge on any atom is 0.213 e. The summed E-state index contributed by atoms with van der Waals surface area (Å²) in [5, 5.41) is 0. The molecule has 0 fully saturated rings. The van der Waals surface area contributed by atoms with E-state index >= 15 is 0 Å². The van der Waals surface area contributed by atoms with E-state index in [4.69, 9.17) is 4.74 Å². The molecule has 3 aromatic carbocycles. The third-order valence-electron chi connectivity index (χ3n) is 6.02. The highest BCUT2D eigenvalue weighted by molar-refractivity contribution is 6.32. The van der Waals surface area contributed by atoms with E-state index in [9.17, 15) is 0 Å². The van der Waals surface area contributed by atoms with Crippen molar-refractivity contribution in [1.29, 1.82) is 0 Å². The number of fused-ring (bicyclic) bond motifs is 1. The standard InChI is InChI=1S/C27H29N2O/c1-18-17-21(28(3)4)13-16-23(18)27(20-11-14-22(30-6)15-12-20)26-19(2)29(5)25-10-8-7-9-24(25)26/h7-17H,1-6H3/q+1. The Bertz CT molecular complexity index is 1170. The van der Waals surface area contributed by atoms with Crippen molar-refractivity contribution < 1.29 is 9.31 Å². The van der Waals surface area contributed by atoms with Crippen LogP contribution in [0.4, 0.5) is 11.4 Å². The monoisotopic (exact) mass is 397 g/mol. The first-order valence-corrected chi connectivity index (χ1v) is 10.3. The molecule has 1 heterocycles. The molecule has 0 saturated carbocycles. The lowest BCUT2D eigenvalue weighted by atomic mass is 9.86. The summed E-state index contributed by atoms with van der Waals surface area (Å²) in [6, 6.07) is 23.8. The average Bonchev–Trinajstić information content (AvgIpc) is 3.01. The van der Waals surface area contributed by atoms with Gasteiger partial charge in [0.1, 0.15) is 12.8 Å². The van der Waals surface area contributed by atoms with Crippen LogP contribution in [0.5, 0.6) is 5.75 Å². The number of allylic oxidation sites excluding steroid dienone is 1. The normalized spacial score (nSPS) is 14.6. The van der Waals surface area contributed by atoms with Gasteiger partial charge in [-0.05, 0) is 53.9 Å². The van der Waals surface area contributed by atoms with Crippen LogP contribution in [0.25, 0.3) is 11.1 Å². The Hall–Kier alpha value is -3.33. The first kappa shape index (κ1) is 20.0. The SMILES string of the molecule is COc1ccc(/C(=C2/C(C)=[N+](C)c3ccccc32)c2ccc(N(C)C)cc2C)cc1. The summed E-state index contributed by atoms with van der Waals surface area (Å²) >= 11 is 0. The van der Waals surface area contributed by atoms with E-state index in [0.29, 0.717) is 0 Å². The minimum Gasteiger partial charge on any atom is -0.497 e. The molecule has 0 saturated heterocycles. The fourth-order valence-corrected chi connectivity index (χ4v) is 4.24. The van der Waals surface area contributed by atoms with Crippen molar-refractivity contribution in [1.82, 2.24) is 0 Å². The van der Waals surface area contributed by atoms with E-state index in [2.05, 4.69) is 99.1 Å². The van der Waals surface area contributed by atoms with Crippen LogP contribution >= 0.6 is 0 Å². The number of para-hydroxylation sites is 1. The minimum absolute atomic E-state index is 0.868. The lowest BCUT2D eigenvalue weighted by molar-refractivity contribution is -0.401. The number of rotatable bonds is 4. The number of benzene rings is 3. The molecule has 1 aliphatic rings. The van der Waals surface area contributed by atoms with E-state index in [-0.39, 0.29) is 0 Å². The van der Waals surface area contributed by atoms with Crippen LogP contribution < -0.4 is 9.64 Å². The van der Waals surface area contributed by atoms with Crippen molar-refractivity contribution in [2.45, 2.75) is 13.8 Å². The molecule has 0 bridgehead atoms. The van der Waals surface area contributed by atoms with Gasteiger partial charge in [0.25, 0.3) is 0 Å². The molecular formula is C27H29N2O+. The van der Waals surface area contributed by atoms with E-state index in [0.717, 1.165) is 5.75 Å². The van der Waals surface area contributed by atoms with E-state index in [1.54, 1.807) is 7.11 Å². The minimum atomic E-state index is 0.868. The zero-order valence-corrected chi connectivity index (χ0v) is 18.7. The van der Waals surface area contributed by atoms with Gasteiger partial charge in [0.15, 0.2) is 5.71 Å². The van der Waals surface area contributed by atoms with Crippen LogP contribution in [0.15, 0.2) is 66.7 Å². The highest BCUT2D eigenvalue weighted by Crippen LogP contribution is 2.42. The molecule has 4 rings (SSSR count). The molecular weight excluding hydrogens is 368 g/mol. The molecule has 3 heteroatoms. The molecule has 0 N–H and O–H groups in total. The van der Waals surface area contributed by atoms with Gasteiger partial charge in [0.05, 0.1) is 18.2 Å². The van der Waals surface area contributed by atoms with Crippen LogP contribution in [0.3, 0.4) is 0 Å². The molecule has 0 spiro atoms. The van der Waals surface area contributed by atoms with Gasteiger partial charge in [-0.3, -0.25) is 0 Å². The Morgan fingerprint density at radius 2 is 1.60 bits per heavy atom. The topological polar surface area (TPSA) is 15.5 Å². The highest BCUT2D eigenvalue weighted by Gasteiger charge is 2.32. The number of anilines is 1. The average molecular weight is 398 g/mol. The second kappa shape index (κ2) is 7.83. The molecule has 0 aromatic heterocycles. The Morgan fingerprint density at radius 1 is 0.900 bits per heavy atom. The van der Waals surface area contributed by atoms with Gasteiger partial charge in [-0.25, -0.2) is 0 Å².